The zero-order valence-electron chi connectivity index (χ0n) is 28.3. The Hall–Kier alpha value is -3.20. The van der Waals surface area contributed by atoms with Gasteiger partial charge in [0.15, 0.2) is 5.78 Å². The predicted octanol–water partition coefficient (Wildman–Crippen LogP) is 12.6. The Morgan fingerprint density at radius 3 is 1.84 bits per heavy atom. The van der Waals surface area contributed by atoms with E-state index in [9.17, 15) is 4.79 Å². The minimum absolute atomic E-state index is 0.284. The first kappa shape index (κ1) is 34.7. The van der Waals surface area contributed by atoms with E-state index in [2.05, 4.69) is 56.3 Å². The summed E-state index contributed by atoms with van der Waals surface area (Å²) in [6.45, 7) is 5.32. The van der Waals surface area contributed by atoms with Crippen molar-refractivity contribution in [2.75, 3.05) is 6.61 Å². The highest BCUT2D eigenvalue weighted by Crippen LogP contribution is 2.39. The molecule has 242 valence electrons. The van der Waals surface area contributed by atoms with E-state index in [0.29, 0.717) is 6.42 Å². The van der Waals surface area contributed by atoms with Crippen molar-refractivity contribution in [1.82, 2.24) is 0 Å². The third-order valence-electron chi connectivity index (χ3n) is 9.20. The van der Waals surface area contributed by atoms with Gasteiger partial charge in [-0.05, 0) is 89.5 Å². The molecule has 45 heavy (non-hydrogen) atoms. The van der Waals surface area contributed by atoms with Crippen LogP contribution in [0.3, 0.4) is 0 Å². The molecule has 0 bridgehead atoms. The fourth-order valence-corrected chi connectivity index (χ4v) is 6.42. The quantitative estimate of drug-likeness (QED) is 0.0478. The number of fused-ring (bicyclic) bond motifs is 3. The largest absolute Gasteiger partial charge is 0.494 e. The molecule has 0 aromatic heterocycles. The second-order valence-electron chi connectivity index (χ2n) is 13.0. The Labute approximate surface area is 273 Å². The summed E-state index contributed by atoms with van der Waals surface area (Å²) < 4.78 is 5.95. The van der Waals surface area contributed by atoms with Crippen molar-refractivity contribution < 1.29 is 9.53 Å². The number of unbranched alkanes of at least 4 members (excludes halogenated alkanes) is 15. The molecule has 3 aromatic rings. The van der Waals surface area contributed by atoms with Gasteiger partial charge < -0.3 is 4.74 Å². The Morgan fingerprint density at radius 1 is 0.644 bits per heavy atom. The average Bonchev–Trinajstić information content (AvgIpc) is 3.43. The van der Waals surface area contributed by atoms with E-state index in [1.807, 2.05) is 24.4 Å². The number of carbonyl (C=O) groups excluding carboxylic acids is 1. The molecule has 3 aromatic carbocycles. The van der Waals surface area contributed by atoms with E-state index in [1.54, 1.807) is 0 Å². The molecular formula is C42H57NO2. The molecule has 0 fully saturated rings. The van der Waals surface area contributed by atoms with Gasteiger partial charge in [-0.2, -0.15) is 0 Å². The lowest BCUT2D eigenvalue weighted by molar-refractivity contribution is 0.0979. The van der Waals surface area contributed by atoms with Gasteiger partial charge in [0, 0.05) is 18.2 Å². The molecule has 0 atom stereocenters. The minimum atomic E-state index is 0.284. The van der Waals surface area contributed by atoms with Crippen LogP contribution >= 0.6 is 0 Å². The maximum absolute atomic E-state index is 12.9. The van der Waals surface area contributed by atoms with Gasteiger partial charge in [-0.15, -0.1) is 0 Å². The number of carbonyl (C=O) groups is 1. The minimum Gasteiger partial charge on any atom is -0.494 e. The molecule has 3 nitrogen and oxygen atoms in total. The molecule has 4 rings (SSSR count). The van der Waals surface area contributed by atoms with Gasteiger partial charge in [-0.1, -0.05) is 128 Å². The summed E-state index contributed by atoms with van der Waals surface area (Å²) in [5.41, 5.74) is 7.94. The molecule has 0 unspecified atom stereocenters. The average molecular weight is 608 g/mol. The zero-order chi connectivity index (χ0) is 31.5. The first-order valence-corrected chi connectivity index (χ1v) is 18.2. The molecule has 0 N–H and O–H groups in total. The summed E-state index contributed by atoms with van der Waals surface area (Å²) in [4.78, 5) is 17.7. The predicted molar refractivity (Wildman–Crippen MR) is 193 cm³/mol. The van der Waals surface area contributed by atoms with Crippen LogP contribution in [-0.2, 0) is 6.42 Å². The lowest BCUT2D eigenvalue weighted by Gasteiger charge is -2.06. The van der Waals surface area contributed by atoms with Crippen molar-refractivity contribution in [2.45, 2.75) is 136 Å². The van der Waals surface area contributed by atoms with Crippen LogP contribution in [0, 0.1) is 0 Å². The first-order chi connectivity index (χ1) is 22.2. The number of ether oxygens (including phenoxy) is 1. The topological polar surface area (TPSA) is 38.7 Å². The molecule has 3 heteroatoms. The number of ketones is 1. The van der Waals surface area contributed by atoms with Crippen molar-refractivity contribution in [3.05, 3.63) is 82.9 Å². The maximum Gasteiger partial charge on any atom is 0.162 e. The van der Waals surface area contributed by atoms with Crippen LogP contribution in [0.4, 0.5) is 5.69 Å². The molecular weight excluding hydrogens is 550 g/mol. The summed E-state index contributed by atoms with van der Waals surface area (Å²) in [6.07, 6.45) is 25.4. The molecule has 1 aliphatic carbocycles. The monoisotopic (exact) mass is 607 g/mol. The number of hydrogen-bond donors (Lipinski definition) is 0. The number of Topliss-reactive ketones (excluding diaryl/α,β-unsaturated/α-hetero) is 1. The van der Waals surface area contributed by atoms with Gasteiger partial charge in [0.1, 0.15) is 5.75 Å². The Kier molecular flexibility index (Phi) is 15.4. The number of hydrogen-bond acceptors (Lipinski definition) is 3. The highest BCUT2D eigenvalue weighted by atomic mass is 16.5. The van der Waals surface area contributed by atoms with Crippen LogP contribution in [-0.4, -0.2) is 18.6 Å². The zero-order valence-corrected chi connectivity index (χ0v) is 28.3. The molecule has 0 amide bonds. The van der Waals surface area contributed by atoms with Crippen molar-refractivity contribution in [3.63, 3.8) is 0 Å². The first-order valence-electron chi connectivity index (χ1n) is 18.2. The Balaban J connectivity index is 1.18. The number of rotatable bonds is 23. The van der Waals surface area contributed by atoms with Crippen molar-refractivity contribution in [2.24, 2.45) is 4.99 Å². The van der Waals surface area contributed by atoms with Crippen molar-refractivity contribution in [3.8, 4) is 16.9 Å². The Bertz CT molecular complexity index is 1320. The van der Waals surface area contributed by atoms with E-state index in [1.165, 1.54) is 112 Å². The lowest BCUT2D eigenvalue weighted by atomic mass is 9.98. The third-order valence-corrected chi connectivity index (χ3v) is 9.20. The molecule has 0 aliphatic heterocycles. The summed E-state index contributed by atoms with van der Waals surface area (Å²) in [5.74, 6) is 1.21. The molecule has 0 spiro atoms. The van der Waals surface area contributed by atoms with Crippen LogP contribution in [0.2, 0.25) is 0 Å². The number of nitrogens with zero attached hydrogens (tertiary/aromatic N) is 1. The van der Waals surface area contributed by atoms with Crippen LogP contribution in [0.5, 0.6) is 5.75 Å². The molecule has 0 saturated carbocycles. The van der Waals surface area contributed by atoms with Crippen LogP contribution in [0.1, 0.15) is 156 Å². The second kappa shape index (κ2) is 20.0. The van der Waals surface area contributed by atoms with Gasteiger partial charge >= 0.3 is 0 Å². The van der Waals surface area contributed by atoms with Gasteiger partial charge in [0.05, 0.1) is 12.3 Å². The lowest BCUT2D eigenvalue weighted by Crippen LogP contribution is -2.00. The van der Waals surface area contributed by atoms with Crippen LogP contribution in [0.15, 0.2) is 65.7 Å². The van der Waals surface area contributed by atoms with Crippen LogP contribution in [0.25, 0.3) is 11.1 Å². The third kappa shape index (κ3) is 11.9. The smallest absolute Gasteiger partial charge is 0.162 e. The highest BCUT2D eigenvalue weighted by molar-refractivity contribution is 5.97. The summed E-state index contributed by atoms with van der Waals surface area (Å²) in [6, 6.07) is 21.0. The summed E-state index contributed by atoms with van der Waals surface area (Å²) in [7, 11) is 0. The van der Waals surface area contributed by atoms with Crippen molar-refractivity contribution >= 4 is 17.7 Å². The number of benzene rings is 3. The van der Waals surface area contributed by atoms with E-state index >= 15 is 0 Å². The van der Waals surface area contributed by atoms with Crippen LogP contribution < -0.4 is 4.74 Å². The van der Waals surface area contributed by atoms with Gasteiger partial charge in [0.25, 0.3) is 0 Å². The maximum atomic E-state index is 12.9. The van der Waals surface area contributed by atoms with Gasteiger partial charge in [-0.25, -0.2) is 0 Å². The normalized spacial score (nSPS) is 12.0. The van der Waals surface area contributed by atoms with E-state index in [4.69, 9.17) is 9.73 Å². The van der Waals surface area contributed by atoms with E-state index < -0.39 is 0 Å². The molecule has 0 radical (unpaired) electrons. The number of aliphatic imine (C=N–C) groups is 1. The molecule has 1 aliphatic rings. The van der Waals surface area contributed by atoms with E-state index in [-0.39, 0.29) is 5.78 Å². The summed E-state index contributed by atoms with van der Waals surface area (Å²) >= 11 is 0. The molecule has 0 saturated heterocycles. The second-order valence-corrected chi connectivity index (χ2v) is 13.0. The van der Waals surface area contributed by atoms with Gasteiger partial charge in [-0.3, -0.25) is 9.79 Å². The SMILES string of the molecule is CCCCCCCCCCCC(=O)c1ccc2c(c1)Cc1cc(N=Cc3ccc(OCCCCCCCCCC)cc3)ccc1-2. The van der Waals surface area contributed by atoms with E-state index in [0.717, 1.165) is 54.9 Å². The highest BCUT2D eigenvalue weighted by Gasteiger charge is 2.20. The van der Waals surface area contributed by atoms with Gasteiger partial charge in [0.2, 0.25) is 0 Å². The Morgan fingerprint density at radius 2 is 1.20 bits per heavy atom. The fourth-order valence-electron chi connectivity index (χ4n) is 6.42. The summed E-state index contributed by atoms with van der Waals surface area (Å²) in [5, 5.41) is 0. The van der Waals surface area contributed by atoms with Crippen molar-refractivity contribution in [1.29, 1.82) is 0 Å². The molecule has 0 heterocycles. The standard InChI is InChI=1S/C42H57NO2/c1-3-5-7-9-11-13-14-16-18-20-42(44)35-23-27-40-36(30-35)31-37-32-38(24-28-41(37)40)43-33-34-21-25-39(26-22-34)45-29-19-17-15-12-10-8-6-4-2/h21-28,30,32-33H,3-20,29,31H2,1-2H3. The fraction of sp³-hybridized carbons (Fsp3) is 0.524.